The molecule has 1 aromatic carbocycles. The van der Waals surface area contributed by atoms with Gasteiger partial charge in [-0.05, 0) is 23.8 Å². The van der Waals surface area contributed by atoms with E-state index in [9.17, 15) is 4.79 Å². The summed E-state index contributed by atoms with van der Waals surface area (Å²) in [5.74, 6) is 0.930. The topological polar surface area (TPSA) is 17.1 Å². The highest BCUT2D eigenvalue weighted by molar-refractivity contribution is 6.17. The second-order valence-electron chi connectivity index (χ2n) is 5.75. The molecule has 1 nitrogen and oxygen atoms in total. The maximum Gasteiger partial charge on any atom is 0.162 e. The Hall–Kier alpha value is -0.820. The van der Waals surface area contributed by atoms with E-state index in [0.717, 1.165) is 24.8 Å². The van der Waals surface area contributed by atoms with E-state index in [1.807, 2.05) is 12.1 Å². The summed E-state index contributed by atoms with van der Waals surface area (Å²) in [6, 6.07) is 8.02. The molecule has 2 heteroatoms. The highest BCUT2D eigenvalue weighted by Gasteiger charge is 2.14. The van der Waals surface area contributed by atoms with Gasteiger partial charge in [0.05, 0.1) is 0 Å². The number of benzene rings is 1. The van der Waals surface area contributed by atoms with E-state index in [4.69, 9.17) is 11.6 Å². The first-order chi connectivity index (χ1) is 8.45. The van der Waals surface area contributed by atoms with Crippen molar-refractivity contribution in [3.63, 3.8) is 0 Å². The van der Waals surface area contributed by atoms with Crippen LogP contribution in [0.2, 0.25) is 0 Å². The molecule has 0 saturated carbocycles. The van der Waals surface area contributed by atoms with Gasteiger partial charge in [0.2, 0.25) is 0 Å². The fraction of sp³-hybridized carbons (Fsp3) is 0.562. The van der Waals surface area contributed by atoms with Crippen LogP contribution in [0.5, 0.6) is 0 Å². The predicted molar refractivity (Wildman–Crippen MR) is 78.7 cm³/mol. The van der Waals surface area contributed by atoms with Gasteiger partial charge in [0.1, 0.15) is 0 Å². The molecule has 0 heterocycles. The van der Waals surface area contributed by atoms with E-state index in [1.54, 1.807) is 0 Å². The van der Waals surface area contributed by atoms with Crippen molar-refractivity contribution in [2.45, 2.75) is 51.9 Å². The molecule has 0 unspecified atom stereocenters. The SMILES string of the molecule is CC(C)(C)c1ccc(C(=O)CCCCCCl)cc1. The largest absolute Gasteiger partial charge is 0.294 e. The van der Waals surface area contributed by atoms with E-state index >= 15 is 0 Å². The van der Waals surface area contributed by atoms with Gasteiger partial charge in [0.25, 0.3) is 0 Å². The lowest BCUT2D eigenvalue weighted by Crippen LogP contribution is -2.11. The first-order valence-corrected chi connectivity index (χ1v) is 7.18. The number of Topliss-reactive ketones (excluding diaryl/α,β-unsaturated/α-hetero) is 1. The number of carbonyl (C=O) groups is 1. The lowest BCUT2D eigenvalue weighted by Gasteiger charge is -2.18. The second-order valence-corrected chi connectivity index (χ2v) is 6.13. The number of unbranched alkanes of at least 4 members (excludes halogenated alkanes) is 2. The molecule has 18 heavy (non-hydrogen) atoms. The minimum atomic E-state index is 0.141. The van der Waals surface area contributed by atoms with Gasteiger partial charge in [0.15, 0.2) is 5.78 Å². The molecule has 0 atom stereocenters. The molecule has 0 aliphatic rings. The van der Waals surface area contributed by atoms with E-state index in [2.05, 4.69) is 32.9 Å². The van der Waals surface area contributed by atoms with Crippen LogP contribution < -0.4 is 0 Å². The molecule has 0 bridgehead atoms. The Bertz CT molecular complexity index is 373. The van der Waals surface area contributed by atoms with Crippen molar-refractivity contribution >= 4 is 17.4 Å². The summed E-state index contributed by atoms with van der Waals surface area (Å²) >= 11 is 5.61. The predicted octanol–water partition coefficient (Wildman–Crippen LogP) is 4.97. The number of alkyl halides is 1. The van der Waals surface area contributed by atoms with Crippen molar-refractivity contribution in [3.8, 4) is 0 Å². The van der Waals surface area contributed by atoms with E-state index in [-0.39, 0.29) is 11.2 Å². The Balaban J connectivity index is 2.54. The molecule has 0 spiro atoms. The van der Waals surface area contributed by atoms with Gasteiger partial charge in [-0.25, -0.2) is 0 Å². The molecule has 0 saturated heterocycles. The van der Waals surface area contributed by atoms with Crippen LogP contribution >= 0.6 is 11.6 Å². The van der Waals surface area contributed by atoms with Gasteiger partial charge in [-0.1, -0.05) is 51.5 Å². The molecule has 0 fully saturated rings. The normalized spacial score (nSPS) is 11.6. The van der Waals surface area contributed by atoms with Crippen molar-refractivity contribution in [1.29, 1.82) is 0 Å². The monoisotopic (exact) mass is 266 g/mol. The fourth-order valence-electron chi connectivity index (χ4n) is 1.86. The van der Waals surface area contributed by atoms with Crippen molar-refractivity contribution in [2.75, 3.05) is 5.88 Å². The Morgan fingerprint density at radius 2 is 1.67 bits per heavy atom. The summed E-state index contributed by atoms with van der Waals surface area (Å²) in [5, 5.41) is 0. The summed E-state index contributed by atoms with van der Waals surface area (Å²) in [7, 11) is 0. The zero-order chi connectivity index (χ0) is 13.6. The van der Waals surface area contributed by atoms with Crippen molar-refractivity contribution in [1.82, 2.24) is 0 Å². The van der Waals surface area contributed by atoms with Crippen LogP contribution in [0.4, 0.5) is 0 Å². The van der Waals surface area contributed by atoms with Crippen molar-refractivity contribution in [3.05, 3.63) is 35.4 Å². The average molecular weight is 267 g/mol. The number of carbonyl (C=O) groups excluding carboxylic acids is 1. The maximum absolute atomic E-state index is 11.9. The molecule has 0 radical (unpaired) electrons. The first kappa shape index (κ1) is 15.2. The quantitative estimate of drug-likeness (QED) is 0.404. The third-order valence-electron chi connectivity index (χ3n) is 3.11. The third-order valence-corrected chi connectivity index (χ3v) is 3.38. The van der Waals surface area contributed by atoms with E-state index in [0.29, 0.717) is 12.3 Å². The molecule has 100 valence electrons. The molecular weight excluding hydrogens is 244 g/mol. The third kappa shape index (κ3) is 4.81. The average Bonchev–Trinajstić information content (AvgIpc) is 2.33. The Labute approximate surface area is 116 Å². The number of halogens is 1. The molecule has 0 N–H and O–H groups in total. The summed E-state index contributed by atoms with van der Waals surface area (Å²) < 4.78 is 0. The smallest absolute Gasteiger partial charge is 0.162 e. The highest BCUT2D eigenvalue weighted by Crippen LogP contribution is 2.22. The minimum absolute atomic E-state index is 0.141. The standard InChI is InChI=1S/C16H23ClO/c1-16(2,3)14-10-8-13(9-11-14)15(18)7-5-4-6-12-17/h8-11H,4-7,12H2,1-3H3. The molecule has 0 amide bonds. The zero-order valence-electron chi connectivity index (χ0n) is 11.6. The lowest BCUT2D eigenvalue weighted by atomic mass is 9.86. The Morgan fingerprint density at radius 3 is 2.17 bits per heavy atom. The Morgan fingerprint density at radius 1 is 1.06 bits per heavy atom. The molecule has 0 aliphatic heterocycles. The van der Waals surface area contributed by atoms with E-state index < -0.39 is 0 Å². The van der Waals surface area contributed by atoms with Crippen LogP contribution in [0.15, 0.2) is 24.3 Å². The fourth-order valence-corrected chi connectivity index (χ4v) is 2.05. The molecule has 1 aromatic rings. The van der Waals surface area contributed by atoms with Crippen LogP contribution in [0.25, 0.3) is 0 Å². The van der Waals surface area contributed by atoms with Gasteiger partial charge < -0.3 is 0 Å². The molecular formula is C16H23ClO. The highest BCUT2D eigenvalue weighted by atomic mass is 35.5. The number of rotatable bonds is 6. The van der Waals surface area contributed by atoms with Gasteiger partial charge in [-0.3, -0.25) is 4.79 Å². The van der Waals surface area contributed by atoms with Crippen LogP contribution in [0.1, 0.15) is 62.4 Å². The van der Waals surface area contributed by atoms with Crippen LogP contribution in [-0.4, -0.2) is 11.7 Å². The van der Waals surface area contributed by atoms with Gasteiger partial charge >= 0.3 is 0 Å². The van der Waals surface area contributed by atoms with Gasteiger partial charge in [-0.15, -0.1) is 11.6 Å². The number of hydrogen-bond acceptors (Lipinski definition) is 1. The first-order valence-electron chi connectivity index (χ1n) is 6.65. The lowest BCUT2D eigenvalue weighted by molar-refractivity contribution is 0.0979. The van der Waals surface area contributed by atoms with Gasteiger partial charge in [-0.2, -0.15) is 0 Å². The van der Waals surface area contributed by atoms with Crippen LogP contribution in [-0.2, 0) is 5.41 Å². The summed E-state index contributed by atoms with van der Waals surface area (Å²) in [6.45, 7) is 6.53. The Kier molecular flexibility index (Phi) is 5.87. The van der Waals surface area contributed by atoms with Crippen molar-refractivity contribution < 1.29 is 4.79 Å². The van der Waals surface area contributed by atoms with Crippen molar-refractivity contribution in [2.24, 2.45) is 0 Å². The summed E-state index contributed by atoms with van der Waals surface area (Å²) in [6.07, 6.45) is 3.60. The maximum atomic E-state index is 11.9. The summed E-state index contributed by atoms with van der Waals surface area (Å²) in [4.78, 5) is 11.9. The van der Waals surface area contributed by atoms with E-state index in [1.165, 1.54) is 5.56 Å². The summed E-state index contributed by atoms with van der Waals surface area (Å²) in [5.41, 5.74) is 2.23. The number of ketones is 1. The second kappa shape index (κ2) is 6.94. The minimum Gasteiger partial charge on any atom is -0.294 e. The molecule has 1 rings (SSSR count). The van der Waals surface area contributed by atoms with Gasteiger partial charge in [0, 0.05) is 17.9 Å². The molecule has 0 aliphatic carbocycles. The number of hydrogen-bond donors (Lipinski definition) is 0. The van der Waals surface area contributed by atoms with Crippen LogP contribution in [0, 0.1) is 0 Å². The zero-order valence-corrected chi connectivity index (χ0v) is 12.4. The molecule has 0 aromatic heterocycles. The van der Waals surface area contributed by atoms with Crippen LogP contribution in [0.3, 0.4) is 0 Å².